The summed E-state index contributed by atoms with van der Waals surface area (Å²) in [5.74, 6) is 0. The van der Waals surface area contributed by atoms with Gasteiger partial charge in [0.25, 0.3) is 0 Å². The predicted molar refractivity (Wildman–Crippen MR) is 34.7 cm³/mol. The molecular weight excluding hydrogens is 316 g/mol. The largest absolute Gasteiger partial charge is 3.00 e. The standard InChI is InChI=1S/Ce.11H2O/h;11*1H2/q+3;;;;;;;;;;;/p-3. The summed E-state index contributed by atoms with van der Waals surface area (Å²) in [4.78, 5) is 0. The van der Waals surface area contributed by atoms with E-state index in [0.717, 1.165) is 0 Å². The molecule has 0 aromatic heterocycles. The van der Waals surface area contributed by atoms with Gasteiger partial charge in [-0.3, -0.25) is 0 Å². The molecule has 0 heterocycles. The van der Waals surface area contributed by atoms with Crippen molar-refractivity contribution in [1.82, 2.24) is 0 Å². The molecule has 12 heteroatoms. The summed E-state index contributed by atoms with van der Waals surface area (Å²) in [7, 11) is 0. The summed E-state index contributed by atoms with van der Waals surface area (Å²) in [6.45, 7) is 0. The fraction of sp³-hybridized carbons (Fsp3) is 0. The number of rotatable bonds is 0. The van der Waals surface area contributed by atoms with E-state index in [0.29, 0.717) is 0 Å². The number of hydrogen-bond acceptors (Lipinski definition) is 3. The topological polar surface area (TPSA) is 342 Å². The summed E-state index contributed by atoms with van der Waals surface area (Å²) in [5, 5.41) is 0. The third-order valence-corrected chi connectivity index (χ3v) is 0. The third-order valence-electron chi connectivity index (χ3n) is 0. The summed E-state index contributed by atoms with van der Waals surface area (Å²) < 4.78 is 0. The van der Waals surface area contributed by atoms with Crippen molar-refractivity contribution < 1.29 is 102 Å². The van der Waals surface area contributed by atoms with Gasteiger partial charge in [-0.1, -0.05) is 0 Å². The average Bonchev–Trinajstić information content (AvgIpc) is 0. The SMILES string of the molecule is O.O.O.O.O.O.O.O.[Ce+3].[OH-].[OH-].[OH-]. The molecule has 0 aromatic rings. The molecule has 0 atom stereocenters. The Hall–Kier alpha value is 0.937. The van der Waals surface area contributed by atoms with Crippen molar-refractivity contribution >= 4 is 0 Å². The van der Waals surface area contributed by atoms with Crippen LogP contribution in [0.3, 0.4) is 0 Å². The van der Waals surface area contributed by atoms with Crippen molar-refractivity contribution in [3.05, 3.63) is 0 Å². The van der Waals surface area contributed by atoms with E-state index < -0.39 is 0 Å². The molecule has 1 radical (unpaired) electrons. The van der Waals surface area contributed by atoms with Crippen molar-refractivity contribution in [3.63, 3.8) is 0 Å². The molecule has 0 unspecified atom stereocenters. The van der Waals surface area contributed by atoms with E-state index in [9.17, 15) is 0 Å². The van der Waals surface area contributed by atoms with Crippen molar-refractivity contribution in [2.24, 2.45) is 0 Å². The maximum atomic E-state index is 0. The second-order valence-electron chi connectivity index (χ2n) is 0. The Labute approximate surface area is 102 Å². The van der Waals surface area contributed by atoms with E-state index >= 15 is 0 Å². The van der Waals surface area contributed by atoms with Crippen LogP contribution in [-0.4, -0.2) is 60.2 Å². The van der Waals surface area contributed by atoms with Crippen molar-refractivity contribution in [2.75, 3.05) is 0 Å². The van der Waals surface area contributed by atoms with E-state index in [4.69, 9.17) is 0 Å². The summed E-state index contributed by atoms with van der Waals surface area (Å²) in [6.07, 6.45) is 0. The molecule has 0 amide bonds. The fourth-order valence-corrected chi connectivity index (χ4v) is 0. The Balaban J connectivity index is 0. The van der Waals surface area contributed by atoms with Gasteiger partial charge in [-0.15, -0.1) is 0 Å². The second-order valence-corrected chi connectivity index (χ2v) is 0. The van der Waals surface area contributed by atoms with Crippen LogP contribution >= 0.6 is 0 Å². The smallest absolute Gasteiger partial charge is 0.870 e. The second kappa shape index (κ2) is 1630. The molecule has 0 aliphatic heterocycles. The molecule has 12 heavy (non-hydrogen) atoms. The van der Waals surface area contributed by atoms with Gasteiger partial charge in [0.05, 0.1) is 0 Å². The monoisotopic (exact) mass is 335 g/mol. The van der Waals surface area contributed by atoms with Gasteiger partial charge in [-0.25, -0.2) is 0 Å². The van der Waals surface area contributed by atoms with Crippen LogP contribution in [-0.2, 0) is 0 Å². The van der Waals surface area contributed by atoms with Crippen LogP contribution in [0, 0.1) is 41.7 Å². The minimum atomic E-state index is 0. The Kier molecular flexibility index (Phi) is 285000. The molecule has 89 valence electrons. The van der Waals surface area contributed by atoms with Crippen LogP contribution in [0.25, 0.3) is 0 Å². The molecular formula is H19CeO11. The molecule has 0 rings (SSSR count). The zero-order chi connectivity index (χ0) is 0. The first-order valence-electron chi connectivity index (χ1n) is 0. The van der Waals surface area contributed by atoms with Crippen LogP contribution in [0.2, 0.25) is 0 Å². The van der Waals surface area contributed by atoms with E-state index in [-0.39, 0.29) is 102 Å². The van der Waals surface area contributed by atoms with E-state index in [1.165, 1.54) is 0 Å². The molecule has 0 saturated carbocycles. The van der Waals surface area contributed by atoms with Gasteiger partial charge < -0.3 is 60.2 Å². The third kappa shape index (κ3) is 1230. The first-order chi connectivity index (χ1) is 0. The van der Waals surface area contributed by atoms with Crippen LogP contribution in [0.15, 0.2) is 0 Å². The van der Waals surface area contributed by atoms with Crippen LogP contribution in [0.1, 0.15) is 0 Å². The van der Waals surface area contributed by atoms with Crippen molar-refractivity contribution in [1.29, 1.82) is 0 Å². The van der Waals surface area contributed by atoms with Crippen LogP contribution in [0.4, 0.5) is 0 Å². The van der Waals surface area contributed by atoms with Gasteiger partial charge >= 0.3 is 41.7 Å². The summed E-state index contributed by atoms with van der Waals surface area (Å²) in [5.41, 5.74) is 0. The predicted octanol–water partition coefficient (Wildman–Crippen LogP) is -7.13. The Morgan fingerprint density at radius 1 is 0.250 bits per heavy atom. The molecule has 0 saturated heterocycles. The van der Waals surface area contributed by atoms with E-state index in [2.05, 4.69) is 0 Å². The zero-order valence-electron chi connectivity index (χ0n) is 5.84. The molecule has 0 bridgehead atoms. The Bertz CT molecular complexity index is 4.97. The van der Waals surface area contributed by atoms with Gasteiger partial charge in [-0.05, 0) is 0 Å². The van der Waals surface area contributed by atoms with Gasteiger partial charge in [-0.2, -0.15) is 0 Å². The zero-order valence-corrected chi connectivity index (χ0v) is 8.98. The molecule has 0 aromatic carbocycles. The summed E-state index contributed by atoms with van der Waals surface area (Å²) >= 11 is 0. The minimum absolute atomic E-state index is 0. The minimum Gasteiger partial charge on any atom is -0.870 e. The van der Waals surface area contributed by atoms with Gasteiger partial charge in [0.2, 0.25) is 0 Å². The Morgan fingerprint density at radius 2 is 0.250 bits per heavy atom. The molecule has 0 fully saturated rings. The van der Waals surface area contributed by atoms with Gasteiger partial charge in [0.1, 0.15) is 0 Å². The van der Waals surface area contributed by atoms with Gasteiger partial charge in [0.15, 0.2) is 0 Å². The van der Waals surface area contributed by atoms with E-state index in [1.807, 2.05) is 0 Å². The number of hydrogen-bond donors (Lipinski definition) is 0. The van der Waals surface area contributed by atoms with Crippen LogP contribution < -0.4 is 0 Å². The molecule has 19 N–H and O–H groups in total. The van der Waals surface area contributed by atoms with E-state index in [1.54, 1.807) is 0 Å². The van der Waals surface area contributed by atoms with Gasteiger partial charge in [0, 0.05) is 0 Å². The molecule has 11 nitrogen and oxygen atoms in total. The maximum Gasteiger partial charge on any atom is 3.00 e. The average molecular weight is 335 g/mol. The quantitative estimate of drug-likeness (QED) is 0.416. The van der Waals surface area contributed by atoms with Crippen molar-refractivity contribution in [3.8, 4) is 0 Å². The fourth-order valence-electron chi connectivity index (χ4n) is 0. The first kappa shape index (κ1) is 2100. The normalized spacial score (nSPS) is 0. The van der Waals surface area contributed by atoms with Crippen molar-refractivity contribution in [2.45, 2.75) is 0 Å². The Morgan fingerprint density at radius 3 is 0.250 bits per heavy atom. The molecule has 0 aliphatic carbocycles. The first-order valence-corrected chi connectivity index (χ1v) is 0. The maximum absolute atomic E-state index is 0. The summed E-state index contributed by atoms with van der Waals surface area (Å²) in [6, 6.07) is 0. The molecule has 0 spiro atoms. The van der Waals surface area contributed by atoms with Crippen LogP contribution in [0.5, 0.6) is 0 Å². The molecule has 0 aliphatic rings.